The SMILES string of the molecule is C[N+](C)(C)C1CCCCC1.OB1OB(O)O[B-]2(O1)OB(O)OB(O)O2. The summed E-state index contributed by atoms with van der Waals surface area (Å²) in [4.78, 5) is 0. The van der Waals surface area contributed by atoms with Crippen LogP contribution in [0.3, 0.4) is 0 Å². The van der Waals surface area contributed by atoms with Crippen LogP contribution in [0, 0.1) is 0 Å². The Hall–Kier alpha value is -0.115. The summed E-state index contributed by atoms with van der Waals surface area (Å²) < 4.78 is 27.6. The molecule has 25 heavy (non-hydrogen) atoms. The van der Waals surface area contributed by atoms with E-state index < -0.39 is 36.2 Å². The Morgan fingerprint density at radius 2 is 1.08 bits per heavy atom. The number of hydrogen-bond acceptors (Lipinski definition) is 10. The minimum Gasteiger partial charge on any atom is -0.539 e. The van der Waals surface area contributed by atoms with Crippen LogP contribution < -0.4 is 0 Å². The Morgan fingerprint density at radius 1 is 0.720 bits per heavy atom. The highest BCUT2D eigenvalue weighted by atomic mass is 17.0. The average molecular weight is 360 g/mol. The van der Waals surface area contributed by atoms with E-state index in [1.807, 2.05) is 0 Å². The first kappa shape index (κ1) is 21.2. The average Bonchev–Trinajstić information content (AvgIpc) is 2.45. The van der Waals surface area contributed by atoms with Gasteiger partial charge in [-0.3, -0.25) is 0 Å². The normalized spacial score (nSPS) is 25.1. The van der Waals surface area contributed by atoms with Crippen LogP contribution in [-0.4, -0.2) is 88.0 Å². The standard InChI is InChI=1S/C9H20N.B5H4O10/c1-10(2,3)9-7-5-4-6-8-9;6-1-10-2(7)13-5(12-1)14-3(8)11-4(9)15-5/h9H,4-8H2,1-3H3;6-9H/q+1;-1. The van der Waals surface area contributed by atoms with Crippen molar-refractivity contribution in [2.24, 2.45) is 0 Å². The highest BCUT2D eigenvalue weighted by molar-refractivity contribution is 6.81. The van der Waals surface area contributed by atoms with Crippen LogP contribution in [0.15, 0.2) is 0 Å². The van der Waals surface area contributed by atoms with E-state index in [0.29, 0.717) is 0 Å². The minimum atomic E-state index is -3.21. The van der Waals surface area contributed by atoms with Crippen molar-refractivity contribution in [2.75, 3.05) is 21.1 Å². The van der Waals surface area contributed by atoms with Crippen LogP contribution in [0.5, 0.6) is 0 Å². The van der Waals surface area contributed by atoms with Crippen molar-refractivity contribution in [1.29, 1.82) is 0 Å². The molecule has 1 aliphatic carbocycles. The molecular formula is C9H24B5NO10. The molecule has 140 valence electrons. The molecule has 0 aromatic carbocycles. The summed E-state index contributed by atoms with van der Waals surface area (Å²) in [6.07, 6.45) is 7.28. The van der Waals surface area contributed by atoms with E-state index in [1.165, 1.54) is 36.6 Å². The third-order valence-electron chi connectivity index (χ3n) is 4.27. The predicted octanol–water partition coefficient (Wildman–Crippen LogP) is -2.52. The number of hydrogen-bond donors (Lipinski definition) is 4. The van der Waals surface area contributed by atoms with Gasteiger partial charge in [0, 0.05) is 0 Å². The van der Waals surface area contributed by atoms with Crippen molar-refractivity contribution in [3.05, 3.63) is 0 Å². The topological polar surface area (TPSA) is 136 Å². The molecular weight excluding hydrogens is 336 g/mol. The molecule has 1 spiro atoms. The lowest BCUT2D eigenvalue weighted by molar-refractivity contribution is -0.897. The summed E-state index contributed by atoms with van der Waals surface area (Å²) in [6.45, 7) is -3.21. The molecule has 0 amide bonds. The summed E-state index contributed by atoms with van der Waals surface area (Å²) in [5.41, 5.74) is 0. The summed E-state index contributed by atoms with van der Waals surface area (Å²) in [6, 6.07) is 0.939. The second kappa shape index (κ2) is 8.72. The van der Waals surface area contributed by atoms with Crippen molar-refractivity contribution in [2.45, 2.75) is 38.1 Å². The predicted molar refractivity (Wildman–Crippen MR) is 89.1 cm³/mol. The molecule has 0 radical (unpaired) electrons. The molecule has 3 fully saturated rings. The third-order valence-corrected chi connectivity index (χ3v) is 4.27. The van der Waals surface area contributed by atoms with Crippen molar-refractivity contribution in [3.63, 3.8) is 0 Å². The Bertz CT molecular complexity index is 377. The molecule has 2 saturated heterocycles. The first-order valence-electron chi connectivity index (χ1n) is 8.28. The maximum absolute atomic E-state index is 8.94. The van der Waals surface area contributed by atoms with Crippen molar-refractivity contribution in [3.8, 4) is 0 Å². The van der Waals surface area contributed by atoms with Crippen molar-refractivity contribution >= 4 is 36.2 Å². The van der Waals surface area contributed by atoms with Gasteiger partial charge in [0.15, 0.2) is 0 Å². The fourth-order valence-corrected chi connectivity index (χ4v) is 2.95. The quantitative estimate of drug-likeness (QED) is 0.293. The smallest absolute Gasteiger partial charge is 0.539 e. The van der Waals surface area contributed by atoms with Gasteiger partial charge in [-0.05, 0) is 25.7 Å². The molecule has 3 aliphatic rings. The number of quaternary nitrogens is 1. The van der Waals surface area contributed by atoms with Gasteiger partial charge < -0.3 is 52.0 Å². The summed E-state index contributed by atoms with van der Waals surface area (Å²) in [5.74, 6) is 0. The van der Waals surface area contributed by atoms with Gasteiger partial charge >= 0.3 is 36.2 Å². The van der Waals surface area contributed by atoms with Gasteiger partial charge in [0.05, 0.1) is 27.2 Å². The molecule has 2 heterocycles. The van der Waals surface area contributed by atoms with E-state index in [4.69, 9.17) is 20.1 Å². The third kappa shape index (κ3) is 6.52. The van der Waals surface area contributed by atoms with E-state index in [1.54, 1.807) is 0 Å². The van der Waals surface area contributed by atoms with E-state index in [0.717, 1.165) is 6.04 Å². The van der Waals surface area contributed by atoms with Crippen LogP contribution >= 0.6 is 0 Å². The first-order chi connectivity index (χ1) is 11.6. The van der Waals surface area contributed by atoms with Gasteiger partial charge in [-0.25, -0.2) is 0 Å². The number of nitrogens with zero attached hydrogens (tertiary/aromatic N) is 1. The lowest BCUT2D eigenvalue weighted by Gasteiger charge is -2.49. The van der Waals surface area contributed by atoms with Crippen LogP contribution in [-0.2, 0) is 27.4 Å². The molecule has 0 aromatic heterocycles. The van der Waals surface area contributed by atoms with Crippen molar-refractivity contribution in [1.82, 2.24) is 0 Å². The van der Waals surface area contributed by atoms with Crippen LogP contribution in [0.1, 0.15) is 32.1 Å². The lowest BCUT2D eigenvalue weighted by Crippen LogP contribution is -2.69. The van der Waals surface area contributed by atoms with E-state index >= 15 is 0 Å². The highest BCUT2D eigenvalue weighted by Crippen LogP contribution is 2.24. The van der Waals surface area contributed by atoms with Crippen LogP contribution in [0.4, 0.5) is 0 Å². The van der Waals surface area contributed by atoms with Gasteiger partial charge in [0.25, 0.3) is 0 Å². The summed E-state index contributed by atoms with van der Waals surface area (Å²) in [5, 5.41) is 35.7. The zero-order valence-electron chi connectivity index (χ0n) is 14.7. The molecule has 11 nitrogen and oxygen atoms in total. The fourth-order valence-electron chi connectivity index (χ4n) is 2.95. The van der Waals surface area contributed by atoms with E-state index in [2.05, 4.69) is 48.6 Å². The molecule has 0 aromatic rings. The Labute approximate surface area is 148 Å². The van der Waals surface area contributed by atoms with Gasteiger partial charge in [-0.1, -0.05) is 6.42 Å². The zero-order valence-corrected chi connectivity index (χ0v) is 14.7. The largest absolute Gasteiger partial charge is 0.582 e. The molecule has 0 unspecified atom stereocenters. The molecule has 16 heteroatoms. The van der Waals surface area contributed by atoms with Gasteiger partial charge in [0.2, 0.25) is 0 Å². The van der Waals surface area contributed by atoms with Gasteiger partial charge in [0.1, 0.15) is 0 Å². The first-order valence-corrected chi connectivity index (χ1v) is 8.28. The maximum atomic E-state index is 8.94. The van der Waals surface area contributed by atoms with Crippen LogP contribution in [0.2, 0.25) is 0 Å². The molecule has 0 bridgehead atoms. The molecule has 0 atom stereocenters. The lowest BCUT2D eigenvalue weighted by atomic mass is 9.84. The maximum Gasteiger partial charge on any atom is 0.582 e. The second-order valence-corrected chi connectivity index (χ2v) is 7.03. The molecule has 3 rings (SSSR count). The molecule has 4 N–H and O–H groups in total. The second-order valence-electron chi connectivity index (χ2n) is 7.03. The monoisotopic (exact) mass is 361 g/mol. The Balaban J connectivity index is 0.000000196. The Morgan fingerprint density at radius 3 is 1.36 bits per heavy atom. The zero-order chi connectivity index (χ0) is 18.7. The van der Waals surface area contributed by atoms with Crippen molar-refractivity contribution < 1.29 is 52.0 Å². The van der Waals surface area contributed by atoms with Crippen LogP contribution in [0.25, 0.3) is 0 Å². The number of rotatable bonds is 1. The minimum absolute atomic E-state index is 0.939. The van der Waals surface area contributed by atoms with Gasteiger partial charge in [-0.2, -0.15) is 0 Å². The fraction of sp³-hybridized carbons (Fsp3) is 1.00. The van der Waals surface area contributed by atoms with Gasteiger partial charge in [-0.15, -0.1) is 0 Å². The molecule has 1 saturated carbocycles. The van der Waals surface area contributed by atoms with E-state index in [-0.39, 0.29) is 0 Å². The summed E-state index contributed by atoms with van der Waals surface area (Å²) >= 11 is 0. The Kier molecular flexibility index (Phi) is 7.39. The summed E-state index contributed by atoms with van der Waals surface area (Å²) in [7, 11) is -0.642. The van der Waals surface area contributed by atoms with E-state index in [9.17, 15) is 0 Å². The molecule has 2 aliphatic heterocycles. The highest BCUT2D eigenvalue weighted by Gasteiger charge is 2.53.